The van der Waals surface area contributed by atoms with Crippen molar-refractivity contribution in [2.45, 2.75) is 0 Å². The Balaban J connectivity index is 1.26. The van der Waals surface area contributed by atoms with Crippen molar-refractivity contribution in [3.63, 3.8) is 0 Å². The second kappa shape index (κ2) is 12.4. The molecular formula is C48H30N4. The van der Waals surface area contributed by atoms with Gasteiger partial charge in [0.05, 0.1) is 0 Å². The molecule has 10 rings (SSSR count). The third-order valence-electron chi connectivity index (χ3n) is 9.87. The van der Waals surface area contributed by atoms with Crippen LogP contribution in [0, 0.1) is 0 Å². The summed E-state index contributed by atoms with van der Waals surface area (Å²) in [5.74, 6) is 1.73. The highest BCUT2D eigenvalue weighted by atomic mass is 15.0. The van der Waals surface area contributed by atoms with Gasteiger partial charge in [0.25, 0.3) is 0 Å². The first kappa shape index (κ1) is 29.8. The van der Waals surface area contributed by atoms with Crippen molar-refractivity contribution >= 4 is 43.1 Å². The minimum atomic E-state index is 0.532. The van der Waals surface area contributed by atoms with Crippen molar-refractivity contribution < 1.29 is 0 Å². The van der Waals surface area contributed by atoms with Crippen LogP contribution < -0.4 is 0 Å². The smallest absolute Gasteiger partial charge is 0.182 e. The van der Waals surface area contributed by atoms with Gasteiger partial charge in [0.1, 0.15) is 5.69 Å². The van der Waals surface area contributed by atoms with Crippen molar-refractivity contribution in [1.82, 2.24) is 19.9 Å². The predicted molar refractivity (Wildman–Crippen MR) is 215 cm³/mol. The van der Waals surface area contributed by atoms with Crippen LogP contribution in [0.5, 0.6) is 0 Å². The zero-order valence-electron chi connectivity index (χ0n) is 28.1. The van der Waals surface area contributed by atoms with Crippen molar-refractivity contribution in [3.05, 3.63) is 182 Å². The summed E-state index contributed by atoms with van der Waals surface area (Å²) in [7, 11) is 0. The summed E-state index contributed by atoms with van der Waals surface area (Å²) in [4.78, 5) is 19.7. The molecule has 0 N–H and O–H groups in total. The van der Waals surface area contributed by atoms with Crippen LogP contribution in [-0.4, -0.2) is 19.9 Å². The molecular weight excluding hydrogens is 633 g/mol. The fourth-order valence-electron chi connectivity index (χ4n) is 7.34. The van der Waals surface area contributed by atoms with Crippen LogP contribution in [0.1, 0.15) is 0 Å². The van der Waals surface area contributed by atoms with Gasteiger partial charge in [0.2, 0.25) is 0 Å². The maximum atomic E-state index is 5.13. The SMILES string of the molecule is c1ccc(-c2nc(-c3cc(-c4cccc5cc6ccccc6cc45)cc(-c4cccc5cc6ccccc6cc45)c3)nc(-c3ccccn3)n2)cc1. The topological polar surface area (TPSA) is 51.6 Å². The first-order valence-corrected chi connectivity index (χ1v) is 17.5. The molecule has 0 amide bonds. The highest BCUT2D eigenvalue weighted by molar-refractivity contribution is 6.08. The third-order valence-corrected chi connectivity index (χ3v) is 9.87. The molecule has 0 saturated heterocycles. The van der Waals surface area contributed by atoms with Gasteiger partial charge in [0, 0.05) is 17.3 Å². The van der Waals surface area contributed by atoms with E-state index in [9.17, 15) is 0 Å². The van der Waals surface area contributed by atoms with E-state index in [2.05, 4.69) is 132 Å². The summed E-state index contributed by atoms with van der Waals surface area (Å²) in [6.45, 7) is 0. The molecule has 2 aromatic heterocycles. The van der Waals surface area contributed by atoms with E-state index in [1.54, 1.807) is 6.20 Å². The molecule has 8 aromatic carbocycles. The van der Waals surface area contributed by atoms with Gasteiger partial charge in [-0.2, -0.15) is 0 Å². The molecule has 0 bridgehead atoms. The van der Waals surface area contributed by atoms with Gasteiger partial charge in [-0.25, -0.2) is 15.0 Å². The molecule has 4 heteroatoms. The number of pyridine rings is 1. The van der Waals surface area contributed by atoms with E-state index in [4.69, 9.17) is 15.0 Å². The highest BCUT2D eigenvalue weighted by Crippen LogP contribution is 2.39. The van der Waals surface area contributed by atoms with E-state index in [1.807, 2.05) is 48.5 Å². The van der Waals surface area contributed by atoms with Gasteiger partial charge in [0.15, 0.2) is 17.5 Å². The van der Waals surface area contributed by atoms with Gasteiger partial charge in [-0.15, -0.1) is 0 Å². The Hall–Kier alpha value is -7.04. The van der Waals surface area contributed by atoms with Crippen molar-refractivity contribution in [1.29, 1.82) is 0 Å². The molecule has 0 aliphatic heterocycles. The number of hydrogen-bond donors (Lipinski definition) is 0. The summed E-state index contributed by atoms with van der Waals surface area (Å²) in [6.07, 6.45) is 1.77. The molecule has 4 nitrogen and oxygen atoms in total. The maximum Gasteiger partial charge on any atom is 0.182 e. The van der Waals surface area contributed by atoms with Crippen molar-refractivity contribution in [3.8, 4) is 56.5 Å². The summed E-state index contributed by atoms with van der Waals surface area (Å²) in [5, 5.41) is 9.67. The van der Waals surface area contributed by atoms with Crippen LogP contribution in [0.15, 0.2) is 182 Å². The average Bonchev–Trinajstić information content (AvgIpc) is 3.22. The van der Waals surface area contributed by atoms with Crippen LogP contribution >= 0.6 is 0 Å². The summed E-state index contributed by atoms with van der Waals surface area (Å²) >= 11 is 0. The van der Waals surface area contributed by atoms with Gasteiger partial charge in [-0.3, -0.25) is 4.98 Å². The van der Waals surface area contributed by atoms with Crippen LogP contribution in [-0.2, 0) is 0 Å². The van der Waals surface area contributed by atoms with Crippen molar-refractivity contribution in [2.75, 3.05) is 0 Å². The number of rotatable bonds is 5. The molecule has 242 valence electrons. The Labute approximate surface area is 300 Å². The van der Waals surface area contributed by atoms with Crippen LogP contribution in [0.2, 0.25) is 0 Å². The minimum Gasteiger partial charge on any atom is -0.253 e. The zero-order chi connectivity index (χ0) is 34.4. The Morgan fingerprint density at radius 1 is 0.288 bits per heavy atom. The summed E-state index contributed by atoms with van der Waals surface area (Å²) < 4.78 is 0. The molecule has 0 radical (unpaired) electrons. The Bertz CT molecular complexity index is 2760. The lowest BCUT2D eigenvalue weighted by Crippen LogP contribution is -2.01. The second-order valence-electron chi connectivity index (χ2n) is 13.1. The van der Waals surface area contributed by atoms with Crippen LogP contribution in [0.3, 0.4) is 0 Å². The molecule has 0 fully saturated rings. The summed E-state index contributed by atoms with van der Waals surface area (Å²) in [5.41, 5.74) is 7.00. The van der Waals surface area contributed by atoms with Crippen LogP contribution in [0.25, 0.3) is 99.6 Å². The first-order valence-electron chi connectivity index (χ1n) is 17.5. The molecule has 2 heterocycles. The standard InChI is InChI=1S/C48H30N4/c1-2-12-31(13-3-1)46-50-47(52-48(51-46)45-22-8-9-23-49-45)40-27-38(41-20-10-18-36-24-32-14-4-6-16-34(32)29-43(36)41)26-39(28-40)42-21-11-19-37-25-33-15-5-7-17-35(33)30-44(37)42/h1-30H. The molecule has 0 saturated carbocycles. The first-order chi connectivity index (χ1) is 25.7. The number of aromatic nitrogens is 4. The van der Waals surface area contributed by atoms with Gasteiger partial charge in [-0.05, 0) is 120 Å². The maximum absolute atomic E-state index is 5.13. The molecule has 52 heavy (non-hydrogen) atoms. The molecule has 0 aliphatic carbocycles. The van der Waals surface area contributed by atoms with Gasteiger partial charge < -0.3 is 0 Å². The van der Waals surface area contributed by atoms with E-state index >= 15 is 0 Å². The summed E-state index contributed by atoms with van der Waals surface area (Å²) in [6, 6.07) is 62.1. The fraction of sp³-hybridized carbons (Fsp3) is 0. The Morgan fingerprint density at radius 3 is 1.31 bits per heavy atom. The Morgan fingerprint density at radius 2 is 0.750 bits per heavy atom. The number of benzene rings is 8. The lowest BCUT2D eigenvalue weighted by atomic mass is 9.90. The lowest BCUT2D eigenvalue weighted by molar-refractivity contribution is 1.06. The molecule has 0 spiro atoms. The quantitative estimate of drug-likeness (QED) is 0.172. The van der Waals surface area contributed by atoms with Gasteiger partial charge in [-0.1, -0.05) is 121 Å². The lowest BCUT2D eigenvalue weighted by Gasteiger charge is -2.15. The largest absolute Gasteiger partial charge is 0.253 e. The zero-order valence-corrected chi connectivity index (χ0v) is 28.1. The highest BCUT2D eigenvalue weighted by Gasteiger charge is 2.17. The van der Waals surface area contributed by atoms with Gasteiger partial charge >= 0.3 is 0 Å². The number of fused-ring (bicyclic) bond motifs is 4. The molecule has 0 unspecified atom stereocenters. The van der Waals surface area contributed by atoms with E-state index in [1.165, 1.54) is 43.1 Å². The third kappa shape index (κ3) is 5.34. The fourth-order valence-corrected chi connectivity index (χ4v) is 7.34. The normalized spacial score (nSPS) is 11.5. The number of nitrogens with zero attached hydrogens (tertiary/aromatic N) is 4. The molecule has 0 atom stereocenters. The number of hydrogen-bond acceptors (Lipinski definition) is 4. The van der Waals surface area contributed by atoms with Crippen LogP contribution in [0.4, 0.5) is 0 Å². The van der Waals surface area contributed by atoms with E-state index in [-0.39, 0.29) is 0 Å². The second-order valence-corrected chi connectivity index (χ2v) is 13.1. The van der Waals surface area contributed by atoms with E-state index in [0.717, 1.165) is 33.4 Å². The predicted octanol–water partition coefficient (Wildman–Crippen LogP) is 12.2. The van der Waals surface area contributed by atoms with Crippen molar-refractivity contribution in [2.24, 2.45) is 0 Å². The van der Waals surface area contributed by atoms with E-state index in [0.29, 0.717) is 23.2 Å². The molecule has 10 aromatic rings. The average molecular weight is 663 g/mol. The Kier molecular flexibility index (Phi) is 7.10. The monoisotopic (exact) mass is 662 g/mol. The minimum absolute atomic E-state index is 0.532. The van der Waals surface area contributed by atoms with E-state index < -0.39 is 0 Å². The molecule has 0 aliphatic rings.